The fourth-order valence-corrected chi connectivity index (χ4v) is 3.37. The molecular formula is C17H12ClFN4O3S. The zero-order valence-electron chi connectivity index (χ0n) is 13.8. The van der Waals surface area contributed by atoms with Gasteiger partial charge in [-0.25, -0.2) is 9.07 Å². The first kappa shape index (κ1) is 18.7. The molecule has 3 rings (SSSR count). The molecule has 27 heavy (non-hydrogen) atoms. The third-order valence-corrected chi connectivity index (χ3v) is 4.74. The number of nitrogens with zero attached hydrogens (tertiary/aromatic N) is 4. The Hall–Kier alpha value is -3.04. The van der Waals surface area contributed by atoms with Gasteiger partial charge in [0.05, 0.1) is 16.8 Å². The highest BCUT2D eigenvalue weighted by Gasteiger charge is 2.18. The summed E-state index contributed by atoms with van der Waals surface area (Å²) in [7, 11) is 1.59. The Bertz CT molecular complexity index is 1110. The average molecular weight is 407 g/mol. The third kappa shape index (κ3) is 3.88. The van der Waals surface area contributed by atoms with Gasteiger partial charge in [0.25, 0.3) is 0 Å². The first-order valence-corrected chi connectivity index (χ1v) is 8.77. The molecule has 0 amide bonds. The van der Waals surface area contributed by atoms with Crippen molar-refractivity contribution in [2.24, 2.45) is 10.1 Å². The van der Waals surface area contributed by atoms with Crippen molar-refractivity contribution in [1.29, 1.82) is 0 Å². The van der Waals surface area contributed by atoms with Crippen LogP contribution < -0.4 is 4.80 Å². The molecule has 0 spiro atoms. The van der Waals surface area contributed by atoms with Gasteiger partial charge in [0.15, 0.2) is 0 Å². The largest absolute Gasteiger partial charge is 0.502 e. The van der Waals surface area contributed by atoms with Crippen LogP contribution in [0.1, 0.15) is 5.56 Å². The van der Waals surface area contributed by atoms with Gasteiger partial charge in [-0.15, -0.1) is 11.3 Å². The topological polar surface area (TPSA) is 93.0 Å². The van der Waals surface area contributed by atoms with Crippen molar-refractivity contribution in [2.45, 2.75) is 0 Å². The van der Waals surface area contributed by atoms with Crippen LogP contribution in [-0.2, 0) is 0 Å². The number of nitro benzene ring substituents is 1. The maximum Gasteiger partial charge on any atom is 0.312 e. The minimum absolute atomic E-state index is 0.0833. The van der Waals surface area contributed by atoms with E-state index < -0.39 is 16.4 Å². The van der Waals surface area contributed by atoms with E-state index in [2.05, 4.69) is 10.1 Å². The first-order chi connectivity index (χ1) is 12.9. The summed E-state index contributed by atoms with van der Waals surface area (Å²) in [6, 6.07) is 8.28. The Morgan fingerprint density at radius 3 is 2.67 bits per heavy atom. The Labute approximate surface area is 161 Å². The van der Waals surface area contributed by atoms with E-state index in [1.807, 2.05) is 0 Å². The number of hydrogen-bond donors (Lipinski definition) is 1. The molecule has 0 aliphatic rings. The molecule has 0 saturated carbocycles. The molecule has 1 N–H and O–H groups in total. The number of aromatic hydroxyl groups is 1. The summed E-state index contributed by atoms with van der Waals surface area (Å²) in [5.41, 5.74) is 0.923. The number of phenolic OH excluding ortho intramolecular Hbond substituents is 1. The van der Waals surface area contributed by atoms with E-state index in [-0.39, 0.29) is 16.4 Å². The Morgan fingerprint density at radius 2 is 2.04 bits per heavy atom. The highest BCUT2D eigenvalue weighted by Crippen LogP contribution is 2.32. The zero-order chi connectivity index (χ0) is 19.6. The number of nitro groups is 1. The molecule has 0 bridgehead atoms. The number of hydrogen-bond acceptors (Lipinski definition) is 6. The molecule has 0 unspecified atom stereocenters. The third-order valence-electron chi connectivity index (χ3n) is 3.61. The van der Waals surface area contributed by atoms with E-state index in [4.69, 9.17) is 11.6 Å². The van der Waals surface area contributed by atoms with Gasteiger partial charge in [0, 0.05) is 34.6 Å². The van der Waals surface area contributed by atoms with Crippen LogP contribution in [0, 0.1) is 15.9 Å². The van der Waals surface area contributed by atoms with Crippen molar-refractivity contribution >= 4 is 34.8 Å². The van der Waals surface area contributed by atoms with Gasteiger partial charge in [0.1, 0.15) is 5.82 Å². The Balaban J connectivity index is 2.10. The van der Waals surface area contributed by atoms with Crippen molar-refractivity contribution in [3.8, 4) is 17.0 Å². The molecule has 0 aliphatic heterocycles. The molecule has 7 nitrogen and oxygen atoms in total. The van der Waals surface area contributed by atoms with Crippen molar-refractivity contribution < 1.29 is 14.4 Å². The van der Waals surface area contributed by atoms with Crippen LogP contribution in [0.3, 0.4) is 0 Å². The van der Waals surface area contributed by atoms with Gasteiger partial charge in [-0.3, -0.25) is 15.1 Å². The van der Waals surface area contributed by atoms with Crippen molar-refractivity contribution in [1.82, 2.24) is 4.68 Å². The molecule has 0 aliphatic carbocycles. The lowest BCUT2D eigenvalue weighted by molar-refractivity contribution is -0.385. The normalized spacial score (nSPS) is 12.0. The van der Waals surface area contributed by atoms with Gasteiger partial charge >= 0.3 is 5.69 Å². The van der Waals surface area contributed by atoms with Crippen LogP contribution in [0.25, 0.3) is 11.3 Å². The SMILES string of the molecule is CN=c1scc(-c2ccc(F)cc2)n1N=Cc1cc(Cl)cc([N+](=O)[O-])c1O. The van der Waals surface area contributed by atoms with Gasteiger partial charge in [0.2, 0.25) is 10.6 Å². The van der Waals surface area contributed by atoms with Gasteiger partial charge < -0.3 is 5.11 Å². The van der Waals surface area contributed by atoms with E-state index in [1.54, 1.807) is 24.6 Å². The Kier molecular flexibility index (Phi) is 5.33. The highest BCUT2D eigenvalue weighted by atomic mass is 35.5. The van der Waals surface area contributed by atoms with Crippen LogP contribution in [-0.4, -0.2) is 28.0 Å². The van der Waals surface area contributed by atoms with Crippen LogP contribution in [0.15, 0.2) is 51.9 Å². The van der Waals surface area contributed by atoms with Gasteiger partial charge in [-0.1, -0.05) is 11.6 Å². The predicted octanol–water partition coefficient (Wildman–Crippen LogP) is 4.04. The zero-order valence-corrected chi connectivity index (χ0v) is 15.4. The number of aromatic nitrogens is 1. The maximum atomic E-state index is 13.2. The van der Waals surface area contributed by atoms with Gasteiger partial charge in [-0.05, 0) is 30.3 Å². The smallest absolute Gasteiger partial charge is 0.312 e. The molecule has 1 heterocycles. The molecule has 1 aromatic heterocycles. The maximum absolute atomic E-state index is 13.2. The van der Waals surface area contributed by atoms with E-state index in [1.165, 1.54) is 40.4 Å². The minimum atomic E-state index is -0.729. The number of thiazole rings is 1. The van der Waals surface area contributed by atoms with Crippen molar-refractivity contribution in [3.05, 3.63) is 73.1 Å². The van der Waals surface area contributed by atoms with Gasteiger partial charge in [-0.2, -0.15) is 5.10 Å². The second kappa shape index (κ2) is 7.68. The van der Waals surface area contributed by atoms with E-state index >= 15 is 0 Å². The molecule has 0 saturated heterocycles. The Morgan fingerprint density at radius 1 is 1.33 bits per heavy atom. The lowest BCUT2D eigenvalue weighted by Crippen LogP contribution is -2.11. The fraction of sp³-hybridized carbons (Fsp3) is 0.0588. The number of rotatable bonds is 4. The predicted molar refractivity (Wildman–Crippen MR) is 102 cm³/mol. The molecule has 138 valence electrons. The summed E-state index contributed by atoms with van der Waals surface area (Å²) >= 11 is 7.21. The summed E-state index contributed by atoms with van der Waals surface area (Å²) in [6.07, 6.45) is 1.25. The number of halogens is 2. The second-order valence-electron chi connectivity index (χ2n) is 5.31. The van der Waals surface area contributed by atoms with E-state index in [0.29, 0.717) is 16.1 Å². The standard InChI is InChI=1S/C17H12ClFN4O3S/c1-20-17-22(15(9-27-17)10-2-4-13(19)5-3-10)21-8-11-6-12(18)7-14(16(11)24)23(25)26/h2-9,24H,1H3. The molecule has 10 heteroatoms. The molecule has 0 radical (unpaired) electrons. The van der Waals surface area contributed by atoms with Crippen LogP contribution in [0.4, 0.5) is 10.1 Å². The summed E-state index contributed by atoms with van der Waals surface area (Å²) in [5, 5.41) is 27.3. The summed E-state index contributed by atoms with van der Waals surface area (Å²) in [5.74, 6) is -0.900. The quantitative estimate of drug-likeness (QED) is 0.402. The van der Waals surface area contributed by atoms with E-state index in [9.17, 15) is 19.6 Å². The summed E-state index contributed by atoms with van der Waals surface area (Å²) in [6.45, 7) is 0. The molecule has 2 aromatic carbocycles. The molecule has 0 fully saturated rings. The van der Waals surface area contributed by atoms with E-state index in [0.717, 1.165) is 6.07 Å². The van der Waals surface area contributed by atoms with Crippen LogP contribution in [0.2, 0.25) is 5.02 Å². The number of phenols is 1. The monoisotopic (exact) mass is 406 g/mol. The molecule has 0 atom stereocenters. The lowest BCUT2D eigenvalue weighted by atomic mass is 10.2. The summed E-state index contributed by atoms with van der Waals surface area (Å²) < 4.78 is 14.7. The molecule has 3 aromatic rings. The second-order valence-corrected chi connectivity index (χ2v) is 6.58. The lowest BCUT2D eigenvalue weighted by Gasteiger charge is -2.04. The number of benzene rings is 2. The first-order valence-electron chi connectivity index (χ1n) is 7.51. The van der Waals surface area contributed by atoms with Crippen LogP contribution in [0.5, 0.6) is 5.75 Å². The highest BCUT2D eigenvalue weighted by molar-refractivity contribution is 7.07. The van der Waals surface area contributed by atoms with Crippen molar-refractivity contribution in [2.75, 3.05) is 7.05 Å². The van der Waals surface area contributed by atoms with Crippen LogP contribution >= 0.6 is 22.9 Å². The summed E-state index contributed by atoms with van der Waals surface area (Å²) in [4.78, 5) is 15.0. The minimum Gasteiger partial charge on any atom is -0.502 e. The fourth-order valence-electron chi connectivity index (χ4n) is 2.34. The molecular weight excluding hydrogens is 395 g/mol. The van der Waals surface area contributed by atoms with Crippen molar-refractivity contribution in [3.63, 3.8) is 0 Å². The average Bonchev–Trinajstić information content (AvgIpc) is 3.05.